The van der Waals surface area contributed by atoms with Gasteiger partial charge in [-0.25, -0.2) is 9.37 Å². The number of hydrogen-bond donors (Lipinski definition) is 4. The average Bonchev–Trinajstić information content (AvgIpc) is 3.19. The normalized spacial score (nSPS) is 24.5. The third-order valence-corrected chi connectivity index (χ3v) is 6.21. The van der Waals surface area contributed by atoms with Crippen LogP contribution < -0.4 is 21.5 Å². The van der Waals surface area contributed by atoms with Crippen molar-refractivity contribution in [3.8, 4) is 0 Å². The van der Waals surface area contributed by atoms with Crippen molar-refractivity contribution in [1.82, 2.24) is 24.5 Å². The number of amides is 1. The summed E-state index contributed by atoms with van der Waals surface area (Å²) in [6, 6.07) is 4.62. The number of carbonyl (C=O) groups excluding carboxylic acids is 1. The first-order valence-corrected chi connectivity index (χ1v) is 10.6. The van der Waals surface area contributed by atoms with Crippen molar-refractivity contribution in [2.45, 2.75) is 50.0 Å². The zero-order valence-electron chi connectivity index (χ0n) is 17.5. The quantitative estimate of drug-likeness (QED) is 0.458. The lowest BCUT2D eigenvalue weighted by Crippen LogP contribution is -2.50. The molecule has 11 heteroatoms. The zero-order valence-corrected chi connectivity index (χ0v) is 17.5. The summed E-state index contributed by atoms with van der Waals surface area (Å²) in [5, 5.41) is 22.9. The molecule has 0 aliphatic heterocycles. The fraction of sp³-hybridized carbons (Fsp3) is 0.429. The van der Waals surface area contributed by atoms with Crippen LogP contribution in [0, 0.1) is 0 Å². The number of fused-ring (bicyclic) bond motifs is 1. The molecule has 0 aromatic carbocycles. The van der Waals surface area contributed by atoms with E-state index in [-0.39, 0.29) is 29.1 Å². The second-order valence-corrected chi connectivity index (χ2v) is 8.28. The van der Waals surface area contributed by atoms with Crippen LogP contribution in [0.5, 0.6) is 0 Å². The summed E-state index contributed by atoms with van der Waals surface area (Å²) in [6.07, 6.45) is 3.74. The van der Waals surface area contributed by atoms with Crippen molar-refractivity contribution in [2.24, 2.45) is 0 Å². The summed E-state index contributed by atoms with van der Waals surface area (Å²) in [7, 11) is 1.71. The summed E-state index contributed by atoms with van der Waals surface area (Å²) in [6.45, 7) is 0. The van der Waals surface area contributed by atoms with Gasteiger partial charge in [0.1, 0.15) is 29.1 Å². The molecular weight excluding hydrogens is 417 g/mol. The van der Waals surface area contributed by atoms with Gasteiger partial charge in [-0.3, -0.25) is 9.59 Å². The Kier molecular flexibility index (Phi) is 5.04. The number of halogens is 1. The maximum atomic E-state index is 13.3. The Morgan fingerprint density at radius 1 is 1.31 bits per heavy atom. The van der Waals surface area contributed by atoms with Gasteiger partial charge in [0.25, 0.3) is 11.5 Å². The Bertz CT molecular complexity index is 1230. The van der Waals surface area contributed by atoms with Gasteiger partial charge in [-0.1, -0.05) is 0 Å². The highest BCUT2D eigenvalue weighted by molar-refractivity contribution is 6.00. The van der Waals surface area contributed by atoms with Crippen molar-refractivity contribution in [1.29, 1.82) is 0 Å². The highest BCUT2D eigenvalue weighted by Crippen LogP contribution is 2.33. The molecule has 1 unspecified atom stereocenters. The second-order valence-electron chi connectivity index (χ2n) is 8.28. The number of aliphatic hydroxyl groups excluding tert-OH is 1. The van der Waals surface area contributed by atoms with Crippen LogP contribution in [-0.4, -0.2) is 55.5 Å². The van der Waals surface area contributed by atoms with Gasteiger partial charge < -0.3 is 25.6 Å². The fourth-order valence-electron chi connectivity index (χ4n) is 4.04. The minimum Gasteiger partial charge on any atom is -0.391 e. The van der Waals surface area contributed by atoms with E-state index in [0.717, 1.165) is 6.42 Å². The van der Waals surface area contributed by atoms with E-state index in [1.165, 1.54) is 15.3 Å². The number of carbonyl (C=O) groups is 1. The van der Waals surface area contributed by atoms with E-state index in [0.29, 0.717) is 42.2 Å². The molecule has 4 N–H and O–H groups in total. The Balaban J connectivity index is 1.46. The van der Waals surface area contributed by atoms with Gasteiger partial charge in [-0.15, -0.1) is 0 Å². The highest BCUT2D eigenvalue weighted by atomic mass is 19.1. The van der Waals surface area contributed by atoms with Gasteiger partial charge >= 0.3 is 0 Å². The summed E-state index contributed by atoms with van der Waals surface area (Å²) in [5.74, 6) is 0.547. The number of nitrogens with zero attached hydrogens (tertiary/aromatic N) is 4. The van der Waals surface area contributed by atoms with Crippen molar-refractivity contribution in [3.05, 3.63) is 46.5 Å². The predicted molar refractivity (Wildman–Crippen MR) is 116 cm³/mol. The molecule has 0 saturated heterocycles. The van der Waals surface area contributed by atoms with Crippen molar-refractivity contribution in [2.75, 3.05) is 17.7 Å². The molecule has 3 aromatic rings. The Morgan fingerprint density at radius 3 is 2.78 bits per heavy atom. The lowest BCUT2D eigenvalue weighted by atomic mass is 9.89. The molecule has 2 saturated carbocycles. The van der Waals surface area contributed by atoms with Gasteiger partial charge in [-0.2, -0.15) is 9.61 Å². The molecule has 32 heavy (non-hydrogen) atoms. The Morgan fingerprint density at radius 2 is 2.12 bits per heavy atom. The SMILES string of the molecule is CNc1cc(Nc2cccn(C3CC(F)C3)c2=O)nc2c(C(=O)NC3CC[C@@H]3O)cnn12. The summed E-state index contributed by atoms with van der Waals surface area (Å²) in [4.78, 5) is 30.1. The van der Waals surface area contributed by atoms with Crippen LogP contribution in [0.3, 0.4) is 0 Å². The van der Waals surface area contributed by atoms with E-state index in [1.807, 2.05) is 0 Å². The lowest BCUT2D eigenvalue weighted by Gasteiger charge is -2.32. The van der Waals surface area contributed by atoms with Crippen molar-refractivity contribution < 1.29 is 14.3 Å². The molecule has 168 valence electrons. The smallest absolute Gasteiger partial charge is 0.274 e. The van der Waals surface area contributed by atoms with E-state index < -0.39 is 12.3 Å². The molecule has 10 nitrogen and oxygen atoms in total. The topological polar surface area (TPSA) is 126 Å². The van der Waals surface area contributed by atoms with Crippen LogP contribution in [0.4, 0.5) is 21.7 Å². The fourth-order valence-corrected chi connectivity index (χ4v) is 4.04. The van der Waals surface area contributed by atoms with Crippen LogP contribution in [0.1, 0.15) is 42.1 Å². The Hall–Kier alpha value is -3.47. The van der Waals surface area contributed by atoms with Crippen molar-refractivity contribution in [3.63, 3.8) is 0 Å². The number of pyridine rings is 1. The minimum atomic E-state index is -0.863. The summed E-state index contributed by atoms with van der Waals surface area (Å²) >= 11 is 0. The summed E-state index contributed by atoms with van der Waals surface area (Å²) < 4.78 is 16.3. The number of anilines is 3. The minimum absolute atomic E-state index is 0.144. The van der Waals surface area contributed by atoms with E-state index in [9.17, 15) is 19.1 Å². The van der Waals surface area contributed by atoms with Gasteiger partial charge in [0.05, 0.1) is 18.3 Å². The zero-order chi connectivity index (χ0) is 22.4. The van der Waals surface area contributed by atoms with Crippen LogP contribution >= 0.6 is 0 Å². The Labute approximate surface area is 182 Å². The molecule has 2 aliphatic carbocycles. The number of rotatable bonds is 6. The van der Waals surface area contributed by atoms with Gasteiger partial charge in [-0.05, 0) is 37.8 Å². The monoisotopic (exact) mass is 441 g/mol. The molecule has 1 amide bonds. The number of nitrogens with one attached hydrogen (secondary N) is 3. The van der Waals surface area contributed by atoms with Crippen molar-refractivity contribution >= 4 is 28.9 Å². The molecule has 0 spiro atoms. The third kappa shape index (κ3) is 3.48. The molecule has 5 rings (SSSR count). The molecule has 2 fully saturated rings. The number of aliphatic hydroxyl groups is 1. The van der Waals surface area contributed by atoms with E-state index >= 15 is 0 Å². The van der Waals surface area contributed by atoms with E-state index in [4.69, 9.17) is 0 Å². The van der Waals surface area contributed by atoms with Crippen LogP contribution in [0.15, 0.2) is 35.4 Å². The molecule has 0 bridgehead atoms. The van der Waals surface area contributed by atoms with E-state index in [2.05, 4.69) is 26.0 Å². The average molecular weight is 441 g/mol. The summed E-state index contributed by atoms with van der Waals surface area (Å²) in [5.41, 5.74) is 0.610. The van der Waals surface area contributed by atoms with Gasteiger partial charge in [0.15, 0.2) is 5.65 Å². The second kappa shape index (κ2) is 7.90. The number of hydrogen-bond acceptors (Lipinski definition) is 7. The van der Waals surface area contributed by atoms with Crippen LogP contribution in [-0.2, 0) is 0 Å². The standard InChI is InChI=1S/C21H24FN7O3/c1-23-18-9-17(25-15-3-2-6-28(21(15)32)12-7-11(22)8-12)27-19-13(10-24-29(18)19)20(31)26-14-4-5-16(14)30/h2-3,6,9-12,14,16,23,30H,4-5,7-8H2,1H3,(H,25,27)(H,26,31)/t11?,12?,14?,16-/m0/s1. The lowest BCUT2D eigenvalue weighted by molar-refractivity contribution is 0.0448. The number of aromatic nitrogens is 4. The van der Waals surface area contributed by atoms with E-state index in [1.54, 1.807) is 31.4 Å². The third-order valence-electron chi connectivity index (χ3n) is 6.21. The van der Waals surface area contributed by atoms with Crippen LogP contribution in [0.2, 0.25) is 0 Å². The molecule has 2 atom stereocenters. The highest BCUT2D eigenvalue weighted by Gasteiger charge is 2.32. The molecule has 0 radical (unpaired) electrons. The molecule has 3 aromatic heterocycles. The molecular formula is C21H24FN7O3. The maximum Gasteiger partial charge on any atom is 0.274 e. The first-order chi connectivity index (χ1) is 15.4. The first kappa shape index (κ1) is 20.4. The first-order valence-electron chi connectivity index (χ1n) is 10.6. The largest absolute Gasteiger partial charge is 0.391 e. The van der Waals surface area contributed by atoms with Gasteiger partial charge in [0.2, 0.25) is 0 Å². The van der Waals surface area contributed by atoms with Gasteiger partial charge in [0, 0.05) is 25.4 Å². The molecule has 3 heterocycles. The number of alkyl halides is 1. The van der Waals surface area contributed by atoms with Crippen LogP contribution in [0.25, 0.3) is 5.65 Å². The predicted octanol–water partition coefficient (Wildman–Crippen LogP) is 1.60. The molecule has 2 aliphatic rings. The maximum absolute atomic E-state index is 13.3.